The van der Waals surface area contributed by atoms with Crippen molar-refractivity contribution in [1.82, 2.24) is 4.90 Å². The fraction of sp³-hybridized carbons (Fsp3) is 0.538. The Morgan fingerprint density at radius 1 is 1.23 bits per heavy atom. The summed E-state index contributed by atoms with van der Waals surface area (Å²) in [6, 6.07) is 5.82. The fourth-order valence-electron chi connectivity index (χ4n) is 8.56. The molecule has 9 heteroatoms. The number of nitroso groups, excluding NO2 is 1. The normalized spacial score (nSPS) is 43.5. The lowest BCUT2D eigenvalue weighted by molar-refractivity contribution is -0.430. The van der Waals surface area contributed by atoms with Crippen LogP contribution < -0.4 is 4.74 Å². The fourth-order valence-corrected chi connectivity index (χ4v) is 8.56. The highest BCUT2D eigenvalue weighted by Crippen LogP contribution is 2.83. The number of carbonyl (C=O) groups excluding carboxylic acids is 2. The predicted molar refractivity (Wildman–Crippen MR) is 119 cm³/mol. The highest BCUT2D eigenvalue weighted by Gasteiger charge is 2.96. The number of ketones is 1. The largest absolute Gasteiger partial charge is 0.519 e. The van der Waals surface area contributed by atoms with Gasteiger partial charge in [-0.1, -0.05) is 6.08 Å². The number of aliphatic hydroxyl groups is 1. The minimum atomic E-state index is -0.945. The highest BCUT2D eigenvalue weighted by molar-refractivity contribution is 5.91. The van der Waals surface area contributed by atoms with E-state index in [1.807, 2.05) is 6.08 Å². The number of piperidine rings is 1. The van der Waals surface area contributed by atoms with Gasteiger partial charge in [-0.15, -0.1) is 4.91 Å². The quantitative estimate of drug-likeness (QED) is 0.391. The third-order valence-corrected chi connectivity index (χ3v) is 9.87. The van der Waals surface area contributed by atoms with Gasteiger partial charge in [-0.2, -0.15) is 0 Å². The number of ether oxygens (including phenoxy) is 3. The summed E-state index contributed by atoms with van der Waals surface area (Å²) in [4.78, 5) is 38.9. The molecule has 0 amide bonds. The second kappa shape index (κ2) is 6.20. The van der Waals surface area contributed by atoms with Gasteiger partial charge in [-0.05, 0) is 73.0 Å². The van der Waals surface area contributed by atoms with Crippen molar-refractivity contribution < 1.29 is 28.9 Å². The third kappa shape index (κ3) is 2.15. The molecule has 1 aromatic carbocycles. The summed E-state index contributed by atoms with van der Waals surface area (Å²) in [5.41, 5.74) is -1.84. The summed E-state index contributed by atoms with van der Waals surface area (Å²) in [5, 5.41) is 15.0. The number of Topliss-reactive ketones (excluding diaryl/α,β-unsaturated/α-hetero) is 1. The van der Waals surface area contributed by atoms with Gasteiger partial charge in [0.25, 0.3) is 0 Å². The Balaban J connectivity index is 1.11. The van der Waals surface area contributed by atoms with Gasteiger partial charge in [0.1, 0.15) is 22.8 Å². The van der Waals surface area contributed by atoms with Crippen molar-refractivity contribution in [1.29, 1.82) is 0 Å². The Hall–Kier alpha value is -3.04. The van der Waals surface area contributed by atoms with Crippen LogP contribution in [0.2, 0.25) is 0 Å². The molecule has 2 bridgehead atoms. The van der Waals surface area contributed by atoms with Crippen LogP contribution in [0.25, 0.3) is 0 Å². The molecule has 1 N–H and O–H groups in total. The Morgan fingerprint density at radius 3 is 2.77 bits per heavy atom. The van der Waals surface area contributed by atoms with Gasteiger partial charge in [0.05, 0.1) is 11.0 Å². The molecule has 2 aliphatic heterocycles. The zero-order chi connectivity index (χ0) is 23.7. The number of nitrogens with zero attached hydrogens (tertiary/aromatic N) is 2. The maximum atomic E-state index is 13.3. The summed E-state index contributed by atoms with van der Waals surface area (Å²) in [6.45, 7) is 0.968. The van der Waals surface area contributed by atoms with Crippen molar-refractivity contribution in [3.8, 4) is 5.75 Å². The minimum absolute atomic E-state index is 0.0357. The van der Waals surface area contributed by atoms with E-state index in [0.29, 0.717) is 18.1 Å². The van der Waals surface area contributed by atoms with E-state index in [9.17, 15) is 19.6 Å². The topological polar surface area (TPSA) is 115 Å². The standard InChI is InChI=1S/C26H24N2O7/c29-17-10-24-12-25-20-14(9-19(26(24,25)31)28(24)11-13-1-2-13)3-8-18(21(20)35-22(17)25)34-23(30)33-16-6-4-15(27-32)5-7-16/h3-8,13-14,19-20,22,31H,1-2,9-12H2/t14?,19?,20?,22-,24?,25-,26?/m0/s1. The van der Waals surface area contributed by atoms with E-state index in [-0.39, 0.29) is 40.9 Å². The number of benzene rings is 1. The van der Waals surface area contributed by atoms with E-state index in [2.05, 4.69) is 10.1 Å². The number of hydrogen-bond donors (Lipinski definition) is 1. The maximum Gasteiger partial charge on any atom is 0.519 e. The molecule has 0 aromatic heterocycles. The van der Waals surface area contributed by atoms with Gasteiger partial charge >= 0.3 is 6.16 Å². The molecule has 9 rings (SSSR count). The molecule has 5 unspecified atom stereocenters. The molecule has 5 saturated carbocycles. The molecule has 0 radical (unpaired) electrons. The first kappa shape index (κ1) is 20.2. The van der Waals surface area contributed by atoms with Crippen LogP contribution in [0.1, 0.15) is 32.1 Å². The van der Waals surface area contributed by atoms with Crippen LogP contribution in [0.15, 0.2) is 53.1 Å². The van der Waals surface area contributed by atoms with Gasteiger partial charge in [0.2, 0.25) is 0 Å². The summed E-state index contributed by atoms with van der Waals surface area (Å²) >= 11 is 0. The second-order valence-corrected chi connectivity index (χ2v) is 11.3. The predicted octanol–water partition coefficient (Wildman–Crippen LogP) is 3.34. The molecule has 7 atom stereocenters. The molecule has 6 aliphatic carbocycles. The summed E-state index contributed by atoms with van der Waals surface area (Å²) in [5.74, 6) is 1.56. The van der Waals surface area contributed by atoms with E-state index in [1.165, 1.54) is 37.1 Å². The molecule has 2 saturated heterocycles. The molecule has 1 aromatic rings. The zero-order valence-electron chi connectivity index (χ0n) is 18.9. The molecule has 35 heavy (non-hydrogen) atoms. The van der Waals surface area contributed by atoms with Gasteiger partial charge in [0.15, 0.2) is 17.6 Å². The van der Waals surface area contributed by atoms with Crippen LogP contribution in [-0.2, 0) is 14.3 Å². The first-order chi connectivity index (χ1) is 16.9. The number of allylic oxidation sites excluding steroid dienone is 3. The van der Waals surface area contributed by atoms with Gasteiger partial charge in [-0.3, -0.25) is 9.69 Å². The summed E-state index contributed by atoms with van der Waals surface area (Å²) < 4.78 is 17.1. The monoisotopic (exact) mass is 476 g/mol. The van der Waals surface area contributed by atoms with Crippen molar-refractivity contribution in [2.45, 2.75) is 55.4 Å². The van der Waals surface area contributed by atoms with Crippen LogP contribution >= 0.6 is 0 Å². The molecular formula is C26H24N2O7. The smallest absolute Gasteiger partial charge is 0.482 e. The highest BCUT2D eigenvalue weighted by atomic mass is 16.7. The second-order valence-electron chi connectivity index (χ2n) is 11.3. The number of rotatable bonds is 5. The van der Waals surface area contributed by atoms with Crippen LogP contribution in [0, 0.1) is 28.1 Å². The maximum absolute atomic E-state index is 13.3. The Kier molecular flexibility index (Phi) is 3.57. The lowest BCUT2D eigenvalue weighted by Gasteiger charge is -2.87. The first-order valence-corrected chi connectivity index (χ1v) is 12.4. The minimum Gasteiger partial charge on any atom is -0.482 e. The number of likely N-dealkylation sites (tertiary alicyclic amines) is 1. The van der Waals surface area contributed by atoms with Crippen LogP contribution in [-0.4, -0.2) is 51.8 Å². The van der Waals surface area contributed by atoms with Gasteiger partial charge < -0.3 is 19.3 Å². The summed E-state index contributed by atoms with van der Waals surface area (Å²) in [6.07, 6.45) is 6.44. The van der Waals surface area contributed by atoms with Crippen molar-refractivity contribution in [2.75, 3.05) is 6.54 Å². The van der Waals surface area contributed by atoms with Crippen molar-refractivity contribution in [3.63, 3.8) is 0 Å². The summed E-state index contributed by atoms with van der Waals surface area (Å²) in [7, 11) is 0. The Labute approximate surface area is 200 Å². The third-order valence-electron chi connectivity index (χ3n) is 9.87. The molecule has 2 heterocycles. The molecule has 9 nitrogen and oxygen atoms in total. The molecule has 180 valence electrons. The lowest BCUT2D eigenvalue weighted by Crippen LogP contribution is -3.02. The molecule has 8 aliphatic rings. The van der Waals surface area contributed by atoms with Crippen molar-refractivity contribution in [2.24, 2.45) is 28.3 Å². The lowest BCUT2D eigenvalue weighted by atomic mass is 9.26. The van der Waals surface area contributed by atoms with Crippen molar-refractivity contribution >= 4 is 17.6 Å². The average Bonchev–Trinajstić information content (AvgIpc) is 3.59. The van der Waals surface area contributed by atoms with E-state index >= 15 is 0 Å². The Bertz CT molecular complexity index is 1270. The van der Waals surface area contributed by atoms with Crippen LogP contribution in [0.4, 0.5) is 10.5 Å². The Morgan fingerprint density at radius 2 is 2.03 bits per heavy atom. The van der Waals surface area contributed by atoms with E-state index in [1.54, 1.807) is 6.08 Å². The van der Waals surface area contributed by atoms with Gasteiger partial charge in [-0.25, -0.2) is 4.79 Å². The molecule has 2 spiro atoms. The SMILES string of the molecule is O=Nc1ccc(OC(=O)OC2=C3O[C@H]4C(=O)CC56C[C@]47C3C(C=C2)CC(N5CC2CC2)C67O)cc1. The number of hydrogen-bond acceptors (Lipinski definition) is 9. The van der Waals surface area contributed by atoms with Gasteiger partial charge in [0, 0.05) is 24.9 Å². The van der Waals surface area contributed by atoms with Crippen LogP contribution in [0.5, 0.6) is 5.75 Å². The number of carbonyl (C=O) groups is 2. The zero-order valence-corrected chi connectivity index (χ0v) is 18.9. The molecular weight excluding hydrogens is 452 g/mol. The first-order valence-electron chi connectivity index (χ1n) is 12.4. The van der Waals surface area contributed by atoms with Crippen LogP contribution in [0.3, 0.4) is 0 Å². The van der Waals surface area contributed by atoms with Crippen molar-refractivity contribution in [3.05, 3.63) is 52.8 Å². The molecule has 7 fully saturated rings. The average molecular weight is 476 g/mol. The van der Waals surface area contributed by atoms with E-state index in [0.717, 1.165) is 19.4 Å². The van der Waals surface area contributed by atoms with E-state index in [4.69, 9.17) is 14.2 Å². The van der Waals surface area contributed by atoms with E-state index < -0.39 is 28.8 Å². The number of fused-ring (bicyclic) bond motifs is 1.